The second-order valence-electron chi connectivity index (χ2n) is 5.96. The molecule has 1 amide bonds. The summed E-state index contributed by atoms with van der Waals surface area (Å²) in [7, 11) is 1.80. The van der Waals surface area contributed by atoms with E-state index in [1.807, 2.05) is 24.6 Å². The van der Waals surface area contributed by atoms with Crippen molar-refractivity contribution in [1.29, 1.82) is 0 Å². The fourth-order valence-electron chi connectivity index (χ4n) is 2.86. The van der Waals surface area contributed by atoms with E-state index >= 15 is 0 Å². The highest BCUT2D eigenvalue weighted by Crippen LogP contribution is 2.29. The van der Waals surface area contributed by atoms with E-state index in [0.717, 1.165) is 23.9 Å². The average molecular weight is 318 g/mol. The van der Waals surface area contributed by atoms with Crippen LogP contribution < -0.4 is 0 Å². The molecule has 1 aliphatic rings. The largest absolute Gasteiger partial charge is 0.376 e. The molecule has 1 fully saturated rings. The molecule has 8 heteroatoms. The number of imidazole rings is 1. The number of nitrogens with one attached hydrogen (secondary N) is 1. The molecular formula is C15H22N6O2. The standard InChI is InChI=1S/C15H22N6O2/c1-10-17-15(19-18-10)12-4-7-23-13(12)8-20(3)14(22)9-21-6-5-16-11(21)2/h5-6,12-13H,4,7-9H2,1-3H3,(H,17,18,19)/t12-,13-/m1/s1. The van der Waals surface area contributed by atoms with Crippen molar-refractivity contribution in [1.82, 2.24) is 29.6 Å². The number of hydrogen-bond donors (Lipinski definition) is 1. The number of likely N-dealkylation sites (N-methyl/N-ethyl adjacent to an activating group) is 1. The second kappa shape index (κ2) is 6.49. The van der Waals surface area contributed by atoms with Crippen LogP contribution in [-0.2, 0) is 16.1 Å². The third-order valence-electron chi connectivity index (χ3n) is 4.26. The third-order valence-corrected chi connectivity index (χ3v) is 4.26. The maximum Gasteiger partial charge on any atom is 0.242 e. The van der Waals surface area contributed by atoms with Crippen LogP contribution in [0.5, 0.6) is 0 Å². The Kier molecular flexibility index (Phi) is 4.42. The van der Waals surface area contributed by atoms with E-state index in [1.165, 1.54) is 0 Å². The van der Waals surface area contributed by atoms with Crippen LogP contribution in [0.4, 0.5) is 0 Å². The molecule has 2 atom stereocenters. The lowest BCUT2D eigenvalue weighted by molar-refractivity contribution is -0.132. The number of carbonyl (C=O) groups is 1. The van der Waals surface area contributed by atoms with Gasteiger partial charge in [0.15, 0.2) is 5.82 Å². The number of nitrogens with zero attached hydrogens (tertiary/aromatic N) is 5. The predicted molar refractivity (Wildman–Crippen MR) is 82.8 cm³/mol. The highest BCUT2D eigenvalue weighted by molar-refractivity contribution is 5.75. The first-order chi connectivity index (χ1) is 11.0. The summed E-state index contributed by atoms with van der Waals surface area (Å²) in [6.07, 6.45) is 4.32. The molecule has 1 N–H and O–H groups in total. The van der Waals surface area contributed by atoms with Crippen LogP contribution in [0.2, 0.25) is 0 Å². The summed E-state index contributed by atoms with van der Waals surface area (Å²) in [5.41, 5.74) is 0. The summed E-state index contributed by atoms with van der Waals surface area (Å²) in [5.74, 6) is 2.57. The van der Waals surface area contributed by atoms with Gasteiger partial charge in [-0.25, -0.2) is 9.97 Å². The number of amides is 1. The van der Waals surface area contributed by atoms with E-state index in [0.29, 0.717) is 19.7 Å². The third kappa shape index (κ3) is 3.42. The van der Waals surface area contributed by atoms with Crippen molar-refractivity contribution >= 4 is 5.91 Å². The molecule has 0 aliphatic carbocycles. The molecule has 0 radical (unpaired) electrons. The first-order valence-electron chi connectivity index (χ1n) is 7.77. The van der Waals surface area contributed by atoms with Crippen LogP contribution in [0.15, 0.2) is 12.4 Å². The van der Waals surface area contributed by atoms with Crippen LogP contribution in [-0.4, -0.2) is 61.8 Å². The quantitative estimate of drug-likeness (QED) is 0.874. The summed E-state index contributed by atoms with van der Waals surface area (Å²) in [6.45, 7) is 5.26. The van der Waals surface area contributed by atoms with Gasteiger partial charge in [0.05, 0.1) is 12.0 Å². The van der Waals surface area contributed by atoms with Crippen molar-refractivity contribution < 1.29 is 9.53 Å². The molecule has 8 nitrogen and oxygen atoms in total. The van der Waals surface area contributed by atoms with Crippen LogP contribution >= 0.6 is 0 Å². The molecule has 2 aromatic heterocycles. The first-order valence-corrected chi connectivity index (χ1v) is 7.77. The molecule has 3 rings (SSSR count). The average Bonchev–Trinajstić information content (AvgIpc) is 3.22. The first kappa shape index (κ1) is 15.7. The molecule has 2 aromatic rings. The highest BCUT2D eigenvalue weighted by Gasteiger charge is 2.34. The summed E-state index contributed by atoms with van der Waals surface area (Å²) in [5, 5.41) is 7.11. The lowest BCUT2D eigenvalue weighted by Crippen LogP contribution is -2.38. The lowest BCUT2D eigenvalue weighted by Gasteiger charge is -2.24. The molecule has 0 saturated carbocycles. The Morgan fingerprint density at radius 2 is 2.35 bits per heavy atom. The van der Waals surface area contributed by atoms with E-state index in [2.05, 4.69) is 20.2 Å². The van der Waals surface area contributed by atoms with E-state index in [-0.39, 0.29) is 17.9 Å². The monoisotopic (exact) mass is 318 g/mol. The number of aryl methyl sites for hydroxylation is 2. The predicted octanol–water partition coefficient (Wildman–Crippen LogP) is 0.649. The van der Waals surface area contributed by atoms with Gasteiger partial charge in [-0.1, -0.05) is 0 Å². The molecule has 1 saturated heterocycles. The topological polar surface area (TPSA) is 88.9 Å². The van der Waals surface area contributed by atoms with Gasteiger partial charge in [0.25, 0.3) is 0 Å². The summed E-state index contributed by atoms with van der Waals surface area (Å²) in [4.78, 5) is 22.6. The SMILES string of the molecule is Cc1nc([C@@H]2CCO[C@@H]2CN(C)C(=O)Cn2ccnc2C)n[nH]1. The normalized spacial score (nSPS) is 20.8. The van der Waals surface area contributed by atoms with Crippen LogP contribution in [0.3, 0.4) is 0 Å². The lowest BCUT2D eigenvalue weighted by atomic mass is 10.0. The Morgan fingerprint density at radius 1 is 1.52 bits per heavy atom. The number of ether oxygens (including phenoxy) is 1. The Hall–Kier alpha value is -2.22. The van der Waals surface area contributed by atoms with Gasteiger partial charge in [-0.3, -0.25) is 9.89 Å². The molecule has 0 bridgehead atoms. The number of carbonyl (C=O) groups excluding carboxylic acids is 1. The highest BCUT2D eigenvalue weighted by atomic mass is 16.5. The Bertz CT molecular complexity index is 679. The summed E-state index contributed by atoms with van der Waals surface area (Å²) >= 11 is 0. The molecule has 1 aliphatic heterocycles. The number of hydrogen-bond acceptors (Lipinski definition) is 5. The zero-order valence-electron chi connectivity index (χ0n) is 13.7. The Balaban J connectivity index is 1.61. The van der Waals surface area contributed by atoms with Gasteiger partial charge < -0.3 is 14.2 Å². The van der Waals surface area contributed by atoms with E-state index in [1.54, 1.807) is 18.1 Å². The maximum absolute atomic E-state index is 12.4. The minimum Gasteiger partial charge on any atom is -0.376 e. The van der Waals surface area contributed by atoms with E-state index in [9.17, 15) is 4.79 Å². The second-order valence-corrected chi connectivity index (χ2v) is 5.96. The van der Waals surface area contributed by atoms with Crippen molar-refractivity contribution in [2.75, 3.05) is 20.2 Å². The number of aromatic nitrogens is 5. The molecule has 124 valence electrons. The molecule has 0 spiro atoms. The van der Waals surface area contributed by atoms with Gasteiger partial charge in [-0.15, -0.1) is 0 Å². The van der Waals surface area contributed by atoms with Gasteiger partial charge >= 0.3 is 0 Å². The van der Waals surface area contributed by atoms with E-state index in [4.69, 9.17) is 4.74 Å². The minimum atomic E-state index is -0.0666. The fourth-order valence-corrected chi connectivity index (χ4v) is 2.86. The number of rotatable bonds is 5. The fraction of sp³-hybridized carbons (Fsp3) is 0.600. The molecule has 3 heterocycles. The smallest absolute Gasteiger partial charge is 0.242 e. The van der Waals surface area contributed by atoms with Crippen molar-refractivity contribution in [3.05, 3.63) is 29.9 Å². The molecule has 0 aromatic carbocycles. The van der Waals surface area contributed by atoms with Crippen LogP contribution in [0.25, 0.3) is 0 Å². The number of aromatic amines is 1. The van der Waals surface area contributed by atoms with Crippen molar-refractivity contribution in [2.45, 2.75) is 38.8 Å². The zero-order valence-corrected chi connectivity index (χ0v) is 13.7. The molecule has 23 heavy (non-hydrogen) atoms. The van der Waals surface area contributed by atoms with E-state index < -0.39 is 0 Å². The van der Waals surface area contributed by atoms with Crippen molar-refractivity contribution in [3.63, 3.8) is 0 Å². The number of H-pyrrole nitrogens is 1. The van der Waals surface area contributed by atoms with Gasteiger partial charge in [-0.2, -0.15) is 5.10 Å². The minimum absolute atomic E-state index is 0.0338. The zero-order chi connectivity index (χ0) is 16.4. The molecular weight excluding hydrogens is 296 g/mol. The molecule has 0 unspecified atom stereocenters. The van der Waals surface area contributed by atoms with Gasteiger partial charge in [0.2, 0.25) is 5.91 Å². The maximum atomic E-state index is 12.4. The van der Waals surface area contributed by atoms with Gasteiger partial charge in [0, 0.05) is 32.6 Å². The van der Waals surface area contributed by atoms with Gasteiger partial charge in [0.1, 0.15) is 18.2 Å². The van der Waals surface area contributed by atoms with Crippen molar-refractivity contribution in [2.24, 2.45) is 0 Å². The summed E-state index contributed by atoms with van der Waals surface area (Å²) < 4.78 is 7.64. The van der Waals surface area contributed by atoms with Crippen molar-refractivity contribution in [3.8, 4) is 0 Å². The summed E-state index contributed by atoms with van der Waals surface area (Å²) in [6, 6.07) is 0. The Labute approximate surface area is 134 Å². The Morgan fingerprint density at radius 3 is 3.00 bits per heavy atom. The van der Waals surface area contributed by atoms with Crippen LogP contribution in [0.1, 0.15) is 29.8 Å². The van der Waals surface area contributed by atoms with Crippen LogP contribution in [0, 0.1) is 13.8 Å². The van der Waals surface area contributed by atoms with Gasteiger partial charge in [-0.05, 0) is 20.3 Å².